The van der Waals surface area contributed by atoms with Crippen LogP contribution in [0.25, 0.3) is 0 Å². The monoisotopic (exact) mass is 493 g/mol. The Bertz CT molecular complexity index is 1230. The lowest BCUT2D eigenvalue weighted by molar-refractivity contribution is 0.0996. The molecular weight excluding hydrogens is 473 g/mol. The van der Waals surface area contributed by atoms with Gasteiger partial charge in [0.05, 0.1) is 12.3 Å². The molecule has 1 unspecified atom stereocenters. The molecule has 2 aromatic carbocycles. The van der Waals surface area contributed by atoms with Crippen molar-refractivity contribution in [2.45, 2.75) is 37.6 Å². The summed E-state index contributed by atoms with van der Waals surface area (Å²) >= 11 is 3.40. The molecule has 0 aliphatic carbocycles. The van der Waals surface area contributed by atoms with Crippen LogP contribution in [-0.4, -0.2) is 30.7 Å². The molecular formula is C21H21BrFN3O3S. The molecule has 0 radical (unpaired) electrons. The summed E-state index contributed by atoms with van der Waals surface area (Å²) in [6.45, 7) is 4.87. The van der Waals surface area contributed by atoms with Crippen molar-refractivity contribution >= 4 is 43.2 Å². The highest BCUT2D eigenvalue weighted by molar-refractivity contribution is 9.10. The molecule has 2 aliphatic heterocycles. The highest BCUT2D eigenvalue weighted by Crippen LogP contribution is 2.40. The van der Waals surface area contributed by atoms with Gasteiger partial charge in [-0.05, 0) is 62.7 Å². The van der Waals surface area contributed by atoms with Gasteiger partial charge in [0.15, 0.2) is 9.84 Å². The molecule has 0 fully saturated rings. The fourth-order valence-corrected chi connectivity index (χ4v) is 5.97. The average Bonchev–Trinajstić information content (AvgIpc) is 2.96. The minimum Gasteiger partial charge on any atom is -0.386 e. The maximum atomic E-state index is 14.9. The first kappa shape index (κ1) is 21.0. The molecule has 0 aromatic heterocycles. The molecule has 0 saturated heterocycles. The standard InChI is InChI=1S/C21H21BrFN3O3S/c1-20(2)19(24)25-21(3,11-30(20,28)29)16-9-14(5-7-17(16)23)26-10-12-8-13(22)4-6-15(12)18(26)27/h4-9H,10-11H2,1-3H3,(H2,24,25). The van der Waals surface area contributed by atoms with E-state index in [9.17, 15) is 17.6 Å². The second kappa shape index (κ2) is 6.62. The first-order valence-electron chi connectivity index (χ1n) is 9.34. The Kier molecular flexibility index (Phi) is 4.63. The molecule has 2 N–H and O–H groups in total. The smallest absolute Gasteiger partial charge is 0.258 e. The molecule has 0 bridgehead atoms. The number of nitrogens with two attached hydrogens (primary N) is 1. The number of aliphatic imine (C=N–C) groups is 1. The van der Waals surface area contributed by atoms with Gasteiger partial charge in [0.1, 0.15) is 21.9 Å². The van der Waals surface area contributed by atoms with Gasteiger partial charge >= 0.3 is 0 Å². The van der Waals surface area contributed by atoms with Crippen molar-refractivity contribution < 1.29 is 17.6 Å². The Morgan fingerprint density at radius 1 is 1.17 bits per heavy atom. The molecule has 4 rings (SSSR count). The van der Waals surface area contributed by atoms with Crippen LogP contribution in [0.15, 0.2) is 45.9 Å². The minimum atomic E-state index is -3.68. The summed E-state index contributed by atoms with van der Waals surface area (Å²) in [4.78, 5) is 18.8. The third-order valence-corrected chi connectivity index (χ3v) is 9.15. The van der Waals surface area contributed by atoms with E-state index in [0.29, 0.717) is 17.8 Å². The number of halogens is 2. The fraction of sp³-hybridized carbons (Fsp3) is 0.333. The number of anilines is 1. The largest absolute Gasteiger partial charge is 0.386 e. The van der Waals surface area contributed by atoms with Gasteiger partial charge in [-0.3, -0.25) is 9.79 Å². The summed E-state index contributed by atoms with van der Waals surface area (Å²) in [7, 11) is -3.68. The normalized spacial score (nSPS) is 24.5. The van der Waals surface area contributed by atoms with E-state index in [-0.39, 0.29) is 23.1 Å². The number of hydrogen-bond donors (Lipinski definition) is 1. The molecule has 0 spiro atoms. The molecule has 1 amide bonds. The number of benzene rings is 2. The van der Waals surface area contributed by atoms with Crippen LogP contribution in [0.2, 0.25) is 0 Å². The highest BCUT2D eigenvalue weighted by atomic mass is 79.9. The maximum absolute atomic E-state index is 14.9. The SMILES string of the molecule is CC1(c2cc(N3Cc4cc(Br)ccc4C3=O)ccc2F)CS(=O)(=O)C(C)(C)C(N)=N1. The van der Waals surface area contributed by atoms with E-state index in [1.54, 1.807) is 19.1 Å². The third-order valence-electron chi connectivity index (χ3n) is 5.95. The van der Waals surface area contributed by atoms with E-state index in [1.165, 1.54) is 36.9 Å². The van der Waals surface area contributed by atoms with Crippen molar-refractivity contribution in [3.8, 4) is 0 Å². The van der Waals surface area contributed by atoms with Gasteiger partial charge in [-0.2, -0.15) is 0 Å². The number of amides is 1. The molecule has 2 aromatic rings. The highest BCUT2D eigenvalue weighted by Gasteiger charge is 2.49. The van der Waals surface area contributed by atoms with Crippen LogP contribution < -0.4 is 10.6 Å². The first-order valence-corrected chi connectivity index (χ1v) is 11.8. The summed E-state index contributed by atoms with van der Waals surface area (Å²) in [5, 5.41) is 0. The number of carbonyl (C=O) groups is 1. The number of carbonyl (C=O) groups excluding carboxylic acids is 1. The molecule has 2 aliphatic rings. The summed E-state index contributed by atoms with van der Waals surface area (Å²) in [5.41, 5.74) is 6.60. The number of sulfone groups is 1. The van der Waals surface area contributed by atoms with Crippen molar-refractivity contribution in [2.24, 2.45) is 10.7 Å². The van der Waals surface area contributed by atoms with Crippen LogP contribution in [-0.2, 0) is 21.9 Å². The Balaban J connectivity index is 1.79. The second-order valence-electron chi connectivity index (χ2n) is 8.40. The van der Waals surface area contributed by atoms with Crippen molar-refractivity contribution in [2.75, 3.05) is 10.7 Å². The predicted molar refractivity (Wildman–Crippen MR) is 118 cm³/mol. The maximum Gasteiger partial charge on any atom is 0.258 e. The van der Waals surface area contributed by atoms with Crippen LogP contribution in [0.1, 0.15) is 42.3 Å². The van der Waals surface area contributed by atoms with Crippen LogP contribution in [0.5, 0.6) is 0 Å². The lowest BCUT2D eigenvalue weighted by Crippen LogP contribution is -2.55. The van der Waals surface area contributed by atoms with Gasteiger partial charge in [-0.25, -0.2) is 12.8 Å². The quantitative estimate of drug-likeness (QED) is 0.692. The van der Waals surface area contributed by atoms with Crippen molar-refractivity contribution in [1.82, 2.24) is 0 Å². The van der Waals surface area contributed by atoms with E-state index in [2.05, 4.69) is 20.9 Å². The molecule has 0 saturated carbocycles. The molecule has 6 nitrogen and oxygen atoms in total. The van der Waals surface area contributed by atoms with Gasteiger partial charge < -0.3 is 10.6 Å². The zero-order valence-corrected chi connectivity index (χ0v) is 19.1. The molecule has 30 heavy (non-hydrogen) atoms. The number of hydrogen-bond acceptors (Lipinski definition) is 5. The first-order chi connectivity index (χ1) is 13.9. The zero-order chi connectivity index (χ0) is 22.1. The average molecular weight is 494 g/mol. The van der Waals surface area contributed by atoms with Crippen molar-refractivity contribution in [3.05, 3.63) is 63.4 Å². The van der Waals surface area contributed by atoms with Gasteiger partial charge in [0, 0.05) is 21.3 Å². The van der Waals surface area contributed by atoms with E-state index >= 15 is 0 Å². The zero-order valence-electron chi connectivity index (χ0n) is 16.7. The van der Waals surface area contributed by atoms with E-state index < -0.39 is 25.9 Å². The summed E-state index contributed by atoms with van der Waals surface area (Å²) < 4.78 is 40.1. The Labute approximate surface area is 183 Å². The number of fused-ring (bicyclic) bond motifs is 1. The van der Waals surface area contributed by atoms with Gasteiger partial charge in [-0.1, -0.05) is 15.9 Å². The van der Waals surface area contributed by atoms with Gasteiger partial charge in [0.25, 0.3) is 5.91 Å². The van der Waals surface area contributed by atoms with Crippen LogP contribution >= 0.6 is 15.9 Å². The van der Waals surface area contributed by atoms with Gasteiger partial charge in [-0.15, -0.1) is 0 Å². The van der Waals surface area contributed by atoms with Crippen molar-refractivity contribution in [1.29, 1.82) is 0 Å². The topological polar surface area (TPSA) is 92.8 Å². The fourth-order valence-electron chi connectivity index (χ4n) is 3.87. The summed E-state index contributed by atoms with van der Waals surface area (Å²) in [5.74, 6) is -1.23. The molecule has 158 valence electrons. The van der Waals surface area contributed by atoms with E-state index in [1.807, 2.05) is 6.07 Å². The third kappa shape index (κ3) is 3.06. The van der Waals surface area contributed by atoms with Crippen LogP contribution in [0.4, 0.5) is 10.1 Å². The summed E-state index contributed by atoms with van der Waals surface area (Å²) in [6.07, 6.45) is 0. The van der Waals surface area contributed by atoms with Crippen LogP contribution in [0, 0.1) is 5.82 Å². The van der Waals surface area contributed by atoms with E-state index in [4.69, 9.17) is 5.73 Å². The van der Waals surface area contributed by atoms with Crippen molar-refractivity contribution in [3.63, 3.8) is 0 Å². The van der Waals surface area contributed by atoms with Gasteiger partial charge in [0.2, 0.25) is 0 Å². The second-order valence-corrected chi connectivity index (χ2v) is 11.9. The Morgan fingerprint density at radius 2 is 1.87 bits per heavy atom. The number of rotatable bonds is 2. The predicted octanol–water partition coefficient (Wildman–Crippen LogP) is 3.53. The molecule has 2 heterocycles. The molecule has 1 atom stereocenters. The number of nitrogens with zero attached hydrogens (tertiary/aromatic N) is 2. The lowest BCUT2D eigenvalue weighted by atomic mass is 9.92. The van der Waals surface area contributed by atoms with Crippen LogP contribution in [0.3, 0.4) is 0 Å². The Hall–Kier alpha value is -2.26. The summed E-state index contributed by atoms with van der Waals surface area (Å²) in [6, 6.07) is 9.66. The molecule has 9 heteroatoms. The Morgan fingerprint density at radius 3 is 2.53 bits per heavy atom. The minimum absolute atomic E-state index is 0.0597. The van der Waals surface area contributed by atoms with E-state index in [0.717, 1.165) is 10.0 Å². The number of amidine groups is 1. The lowest BCUT2D eigenvalue weighted by Gasteiger charge is -2.38.